The second kappa shape index (κ2) is 5.67. The van der Waals surface area contributed by atoms with Crippen molar-refractivity contribution in [3.8, 4) is 0 Å². The van der Waals surface area contributed by atoms with Crippen LogP contribution in [0.15, 0.2) is 40.8 Å². The first-order valence-electron chi connectivity index (χ1n) is 7.27. The summed E-state index contributed by atoms with van der Waals surface area (Å²) in [5.41, 5.74) is 2.26. The second-order valence-electron chi connectivity index (χ2n) is 5.54. The Bertz CT molecular complexity index is 719. The molecule has 1 aliphatic rings. The summed E-state index contributed by atoms with van der Waals surface area (Å²) in [5.74, 6) is -1.56. The number of carbonyl (C=O) groups is 2. The van der Waals surface area contributed by atoms with Crippen LogP contribution in [0.3, 0.4) is 0 Å². The number of likely N-dealkylation sites (tertiary alicyclic amines) is 1. The van der Waals surface area contributed by atoms with Crippen LogP contribution < -0.4 is 0 Å². The van der Waals surface area contributed by atoms with E-state index in [1.54, 1.807) is 4.90 Å². The minimum absolute atomic E-state index is 0.0192. The number of aromatic carboxylic acids is 1. The van der Waals surface area contributed by atoms with E-state index in [1.165, 1.54) is 12.1 Å². The van der Waals surface area contributed by atoms with E-state index in [2.05, 4.69) is 6.07 Å². The molecule has 1 N–H and O–H groups in total. The molecular weight excluding hydrogens is 282 g/mol. The fourth-order valence-electron chi connectivity index (χ4n) is 2.94. The van der Waals surface area contributed by atoms with Gasteiger partial charge in [-0.3, -0.25) is 4.79 Å². The maximum absolute atomic E-state index is 12.6. The number of hydrogen-bond donors (Lipinski definition) is 1. The molecule has 1 amide bonds. The SMILES string of the molecule is Cc1cccc(C2CCCN2C(=O)c2ccc(C(=O)O)o2)c1. The number of rotatable bonds is 3. The lowest BCUT2D eigenvalue weighted by atomic mass is 10.0. The Kier molecular flexibility index (Phi) is 3.71. The van der Waals surface area contributed by atoms with E-state index in [4.69, 9.17) is 9.52 Å². The van der Waals surface area contributed by atoms with Crippen molar-refractivity contribution in [2.45, 2.75) is 25.8 Å². The van der Waals surface area contributed by atoms with E-state index in [9.17, 15) is 9.59 Å². The molecule has 2 heterocycles. The van der Waals surface area contributed by atoms with Crippen molar-refractivity contribution >= 4 is 11.9 Å². The standard InChI is InChI=1S/C17H17NO4/c1-11-4-2-5-12(10-11)13-6-3-9-18(13)16(19)14-7-8-15(22-14)17(20)21/h2,4-5,7-8,10,13H,3,6,9H2,1H3,(H,20,21). The molecule has 114 valence electrons. The molecule has 1 fully saturated rings. The maximum Gasteiger partial charge on any atom is 0.371 e. The molecule has 2 aromatic rings. The monoisotopic (exact) mass is 299 g/mol. The molecule has 3 rings (SSSR count). The Morgan fingerprint density at radius 1 is 1.23 bits per heavy atom. The van der Waals surface area contributed by atoms with Gasteiger partial charge in [-0.25, -0.2) is 4.79 Å². The van der Waals surface area contributed by atoms with E-state index >= 15 is 0 Å². The van der Waals surface area contributed by atoms with Crippen LogP contribution in [-0.4, -0.2) is 28.4 Å². The average Bonchev–Trinajstić information content (AvgIpc) is 3.16. The van der Waals surface area contributed by atoms with Crippen LogP contribution >= 0.6 is 0 Å². The number of nitrogens with zero attached hydrogens (tertiary/aromatic N) is 1. The van der Waals surface area contributed by atoms with Crippen LogP contribution in [0.4, 0.5) is 0 Å². The van der Waals surface area contributed by atoms with Gasteiger partial charge in [0.05, 0.1) is 6.04 Å². The van der Waals surface area contributed by atoms with Crippen molar-refractivity contribution in [1.82, 2.24) is 4.90 Å². The van der Waals surface area contributed by atoms with E-state index in [1.807, 2.05) is 25.1 Å². The highest BCUT2D eigenvalue weighted by Crippen LogP contribution is 2.33. The Balaban J connectivity index is 1.86. The first-order chi connectivity index (χ1) is 10.6. The first-order valence-corrected chi connectivity index (χ1v) is 7.27. The Morgan fingerprint density at radius 2 is 2.00 bits per heavy atom. The minimum atomic E-state index is -1.17. The summed E-state index contributed by atoms with van der Waals surface area (Å²) < 4.78 is 5.14. The summed E-state index contributed by atoms with van der Waals surface area (Å²) in [4.78, 5) is 25.2. The molecule has 5 nitrogen and oxygen atoms in total. The maximum atomic E-state index is 12.6. The van der Waals surface area contributed by atoms with Gasteiger partial charge in [0.25, 0.3) is 5.91 Å². The molecule has 1 aliphatic heterocycles. The molecule has 0 radical (unpaired) electrons. The van der Waals surface area contributed by atoms with Gasteiger partial charge in [-0.2, -0.15) is 0 Å². The van der Waals surface area contributed by atoms with Crippen LogP contribution in [0.1, 0.15) is 51.1 Å². The number of carboxylic acid groups (broad SMARTS) is 1. The largest absolute Gasteiger partial charge is 0.475 e. The van der Waals surface area contributed by atoms with Gasteiger partial charge in [-0.1, -0.05) is 29.8 Å². The highest BCUT2D eigenvalue weighted by Gasteiger charge is 2.32. The van der Waals surface area contributed by atoms with Crippen molar-refractivity contribution in [3.63, 3.8) is 0 Å². The minimum Gasteiger partial charge on any atom is -0.475 e. The molecule has 1 unspecified atom stereocenters. The molecular formula is C17H17NO4. The molecule has 1 aromatic heterocycles. The Morgan fingerprint density at radius 3 is 2.68 bits per heavy atom. The fraction of sp³-hybridized carbons (Fsp3) is 0.294. The predicted molar refractivity (Wildman–Crippen MR) is 79.9 cm³/mol. The van der Waals surface area contributed by atoms with Gasteiger partial charge in [0.2, 0.25) is 5.76 Å². The van der Waals surface area contributed by atoms with Crippen molar-refractivity contribution in [3.05, 3.63) is 59.0 Å². The third-order valence-electron chi connectivity index (χ3n) is 3.97. The summed E-state index contributed by atoms with van der Waals surface area (Å²) in [6.45, 7) is 2.68. The summed E-state index contributed by atoms with van der Waals surface area (Å²) in [6.07, 6.45) is 1.83. The summed E-state index contributed by atoms with van der Waals surface area (Å²) in [5, 5.41) is 8.89. The number of carbonyl (C=O) groups excluding carboxylic acids is 1. The number of furan rings is 1. The van der Waals surface area contributed by atoms with Gasteiger partial charge < -0.3 is 14.4 Å². The molecule has 0 saturated carbocycles. The number of carboxylic acids is 1. The molecule has 0 spiro atoms. The van der Waals surface area contributed by atoms with Crippen LogP contribution in [0.2, 0.25) is 0 Å². The quantitative estimate of drug-likeness (QED) is 0.944. The Labute approximate surface area is 128 Å². The van der Waals surface area contributed by atoms with Crippen molar-refractivity contribution in [2.75, 3.05) is 6.54 Å². The Hall–Kier alpha value is -2.56. The number of hydrogen-bond acceptors (Lipinski definition) is 3. The van der Waals surface area contributed by atoms with Gasteiger partial charge in [-0.05, 0) is 37.5 Å². The zero-order valence-corrected chi connectivity index (χ0v) is 12.3. The van der Waals surface area contributed by atoms with Crippen LogP contribution in [0.25, 0.3) is 0 Å². The van der Waals surface area contributed by atoms with Crippen LogP contribution in [0, 0.1) is 6.92 Å². The number of amides is 1. The van der Waals surface area contributed by atoms with E-state index in [0.29, 0.717) is 6.54 Å². The zero-order valence-electron chi connectivity index (χ0n) is 12.3. The van der Waals surface area contributed by atoms with Gasteiger partial charge in [0, 0.05) is 6.54 Å². The van der Waals surface area contributed by atoms with E-state index in [0.717, 1.165) is 24.0 Å². The predicted octanol–water partition coefficient (Wildman–Crippen LogP) is 3.26. The van der Waals surface area contributed by atoms with Crippen LogP contribution in [-0.2, 0) is 0 Å². The highest BCUT2D eigenvalue weighted by atomic mass is 16.4. The van der Waals surface area contributed by atoms with Crippen LogP contribution in [0.5, 0.6) is 0 Å². The summed E-state index contributed by atoms with van der Waals surface area (Å²) in [7, 11) is 0. The highest BCUT2D eigenvalue weighted by molar-refractivity contribution is 5.94. The number of benzene rings is 1. The lowest BCUT2D eigenvalue weighted by Crippen LogP contribution is -2.30. The van der Waals surface area contributed by atoms with Gasteiger partial charge in [0.1, 0.15) is 0 Å². The lowest BCUT2D eigenvalue weighted by Gasteiger charge is -2.24. The molecule has 1 aromatic carbocycles. The molecule has 5 heteroatoms. The van der Waals surface area contributed by atoms with Crippen molar-refractivity contribution in [1.29, 1.82) is 0 Å². The third kappa shape index (κ3) is 2.62. The fourth-order valence-corrected chi connectivity index (χ4v) is 2.94. The van der Waals surface area contributed by atoms with Crippen molar-refractivity contribution < 1.29 is 19.1 Å². The smallest absolute Gasteiger partial charge is 0.371 e. The van der Waals surface area contributed by atoms with Gasteiger partial charge in [0.15, 0.2) is 5.76 Å². The third-order valence-corrected chi connectivity index (χ3v) is 3.97. The van der Waals surface area contributed by atoms with E-state index < -0.39 is 5.97 Å². The molecule has 0 aliphatic carbocycles. The second-order valence-corrected chi connectivity index (χ2v) is 5.54. The molecule has 0 bridgehead atoms. The average molecular weight is 299 g/mol. The molecule has 1 atom stereocenters. The number of aryl methyl sites for hydroxylation is 1. The van der Waals surface area contributed by atoms with Gasteiger partial charge in [-0.15, -0.1) is 0 Å². The van der Waals surface area contributed by atoms with Crippen molar-refractivity contribution in [2.24, 2.45) is 0 Å². The normalized spacial score (nSPS) is 17.7. The summed E-state index contributed by atoms with van der Waals surface area (Å²) in [6, 6.07) is 10.9. The zero-order chi connectivity index (χ0) is 15.7. The molecule has 22 heavy (non-hydrogen) atoms. The topological polar surface area (TPSA) is 70.8 Å². The van der Waals surface area contributed by atoms with E-state index in [-0.39, 0.29) is 23.5 Å². The van der Waals surface area contributed by atoms with Gasteiger partial charge >= 0.3 is 5.97 Å². The summed E-state index contributed by atoms with van der Waals surface area (Å²) >= 11 is 0. The first kappa shape index (κ1) is 14.4. The lowest BCUT2D eigenvalue weighted by molar-refractivity contribution is 0.0645. The molecule has 1 saturated heterocycles.